The van der Waals surface area contributed by atoms with Gasteiger partial charge in [-0.3, -0.25) is 4.72 Å². The van der Waals surface area contributed by atoms with Gasteiger partial charge in [-0.15, -0.1) is 0 Å². The van der Waals surface area contributed by atoms with Crippen molar-refractivity contribution in [2.24, 2.45) is 0 Å². The molecule has 0 unspecified atom stereocenters. The number of aromatic nitrogens is 3. The average Bonchev–Trinajstić information content (AvgIpc) is 2.96. The monoisotopic (exact) mass is 593 g/mol. The molecule has 0 saturated carbocycles. The van der Waals surface area contributed by atoms with E-state index < -0.39 is 10.0 Å². The molecular formula is C26H32ClN5O7S. The van der Waals surface area contributed by atoms with Gasteiger partial charge in [0, 0.05) is 25.4 Å². The number of morpholine rings is 1. The minimum Gasteiger partial charge on any atom is -0.497 e. The van der Waals surface area contributed by atoms with Gasteiger partial charge in [-0.1, -0.05) is 31.5 Å². The number of ether oxygens (including phenoxy) is 4. The van der Waals surface area contributed by atoms with E-state index in [9.17, 15) is 13.5 Å². The Morgan fingerprint density at radius 2 is 1.95 bits per heavy atom. The van der Waals surface area contributed by atoms with Crippen LogP contribution in [0.5, 0.6) is 17.2 Å². The van der Waals surface area contributed by atoms with Gasteiger partial charge in [0.2, 0.25) is 5.95 Å². The Morgan fingerprint density at radius 3 is 2.60 bits per heavy atom. The zero-order chi connectivity index (χ0) is 28.7. The van der Waals surface area contributed by atoms with Crippen LogP contribution in [0.15, 0.2) is 41.6 Å². The summed E-state index contributed by atoms with van der Waals surface area (Å²) in [5.74, 6) is 0.951. The number of benzene rings is 1. The van der Waals surface area contributed by atoms with E-state index in [0.29, 0.717) is 32.1 Å². The summed E-state index contributed by atoms with van der Waals surface area (Å²) in [6.07, 6.45) is 1.53. The number of anilines is 2. The van der Waals surface area contributed by atoms with E-state index in [2.05, 4.69) is 19.7 Å². The molecular weight excluding hydrogens is 562 g/mol. The van der Waals surface area contributed by atoms with Gasteiger partial charge in [0.05, 0.1) is 45.2 Å². The van der Waals surface area contributed by atoms with Crippen LogP contribution in [0, 0.1) is 0 Å². The summed E-state index contributed by atoms with van der Waals surface area (Å²) in [6.45, 7) is 5.63. The number of hydrogen-bond acceptors (Lipinski definition) is 11. The second-order valence-corrected chi connectivity index (χ2v) is 11.1. The number of sulfonamides is 1. The molecule has 0 spiro atoms. The minimum absolute atomic E-state index is 0.0209. The molecule has 0 bridgehead atoms. The predicted molar refractivity (Wildman–Crippen MR) is 149 cm³/mol. The maximum absolute atomic E-state index is 13.5. The van der Waals surface area contributed by atoms with Gasteiger partial charge in [0.15, 0.2) is 16.6 Å². The first-order valence-corrected chi connectivity index (χ1v) is 14.5. The van der Waals surface area contributed by atoms with Gasteiger partial charge in [0.1, 0.15) is 17.2 Å². The predicted octanol–water partition coefficient (Wildman–Crippen LogP) is 3.60. The van der Waals surface area contributed by atoms with E-state index in [-0.39, 0.29) is 64.7 Å². The number of hydrogen-bond donors (Lipinski definition) is 2. The molecule has 0 aliphatic carbocycles. The molecule has 0 amide bonds. The lowest BCUT2D eigenvalue weighted by Crippen LogP contribution is -2.37. The first-order chi connectivity index (χ1) is 19.2. The van der Waals surface area contributed by atoms with Gasteiger partial charge in [-0.05, 0) is 29.7 Å². The molecule has 40 heavy (non-hydrogen) atoms. The van der Waals surface area contributed by atoms with Gasteiger partial charge in [0.25, 0.3) is 10.0 Å². The first kappa shape index (κ1) is 29.7. The molecule has 1 fully saturated rings. The molecule has 4 rings (SSSR count). The number of methoxy groups -OCH3 is 1. The summed E-state index contributed by atoms with van der Waals surface area (Å²) >= 11 is 6.40. The Hall–Kier alpha value is -3.23. The van der Waals surface area contributed by atoms with Gasteiger partial charge < -0.3 is 29.0 Å². The molecule has 2 aromatic heterocycles. The molecule has 1 aliphatic heterocycles. The van der Waals surface area contributed by atoms with Crippen LogP contribution in [-0.2, 0) is 26.1 Å². The summed E-state index contributed by atoms with van der Waals surface area (Å²) in [5.41, 5.74) is 1.14. The molecule has 1 saturated heterocycles. The standard InChI is InChI=1S/C26H32ClN5O7S/c1-17(2)18-4-7-23(28-15-18)40(34,35)31-25-24(39-22-14-19(36-3)5-6-20(22)27)21(16-38-13-10-33)29-26(30-25)32-8-11-37-12-9-32/h4-7,14-15,17,33H,8-13,16H2,1-3H3,(H,29,30,31). The highest BCUT2D eigenvalue weighted by Gasteiger charge is 2.27. The quantitative estimate of drug-likeness (QED) is 0.297. The van der Waals surface area contributed by atoms with Crippen molar-refractivity contribution in [3.8, 4) is 17.2 Å². The normalized spacial score (nSPS) is 13.9. The molecule has 0 atom stereocenters. The fourth-order valence-electron chi connectivity index (χ4n) is 3.77. The summed E-state index contributed by atoms with van der Waals surface area (Å²) < 4.78 is 51.9. The zero-order valence-electron chi connectivity index (χ0n) is 22.5. The molecule has 14 heteroatoms. The molecule has 1 aliphatic rings. The number of halogens is 1. The van der Waals surface area contributed by atoms with Crippen molar-refractivity contribution >= 4 is 33.4 Å². The lowest BCUT2D eigenvalue weighted by molar-refractivity contribution is 0.0785. The van der Waals surface area contributed by atoms with Gasteiger partial charge in [-0.25, -0.2) is 9.97 Å². The summed E-state index contributed by atoms with van der Waals surface area (Å²) in [6, 6.07) is 7.96. The van der Waals surface area contributed by atoms with Crippen LogP contribution >= 0.6 is 11.6 Å². The minimum atomic E-state index is -4.20. The highest BCUT2D eigenvalue weighted by Crippen LogP contribution is 2.39. The van der Waals surface area contributed by atoms with Crippen molar-refractivity contribution in [1.29, 1.82) is 0 Å². The smallest absolute Gasteiger partial charge is 0.280 e. The number of rotatable bonds is 12. The first-order valence-electron chi connectivity index (χ1n) is 12.6. The molecule has 0 radical (unpaired) electrons. The van der Waals surface area contributed by atoms with Crippen LogP contribution in [0.25, 0.3) is 0 Å². The van der Waals surface area contributed by atoms with E-state index >= 15 is 0 Å². The van der Waals surface area contributed by atoms with E-state index in [0.717, 1.165) is 5.56 Å². The number of nitrogens with one attached hydrogen (secondary N) is 1. The second-order valence-electron chi connectivity index (χ2n) is 9.11. The number of aliphatic hydroxyl groups is 1. The zero-order valence-corrected chi connectivity index (χ0v) is 24.0. The maximum atomic E-state index is 13.5. The van der Waals surface area contributed by atoms with Crippen LogP contribution in [0.4, 0.5) is 11.8 Å². The van der Waals surface area contributed by atoms with Crippen molar-refractivity contribution in [2.75, 3.05) is 56.2 Å². The van der Waals surface area contributed by atoms with Crippen LogP contribution in [-0.4, -0.2) is 75.1 Å². The Morgan fingerprint density at radius 1 is 1.18 bits per heavy atom. The lowest BCUT2D eigenvalue weighted by Gasteiger charge is -2.28. The Balaban J connectivity index is 1.82. The largest absolute Gasteiger partial charge is 0.497 e. The van der Waals surface area contributed by atoms with E-state index in [4.69, 9.17) is 30.5 Å². The Kier molecular flexibility index (Phi) is 9.98. The van der Waals surface area contributed by atoms with Crippen LogP contribution < -0.4 is 19.1 Å². The van der Waals surface area contributed by atoms with Gasteiger partial charge >= 0.3 is 0 Å². The SMILES string of the molecule is COc1ccc(Cl)c(Oc2c(COCCO)nc(N3CCOCC3)nc2NS(=O)(=O)c2ccc(C(C)C)cn2)c1. The van der Waals surface area contributed by atoms with Crippen molar-refractivity contribution < 1.29 is 32.5 Å². The van der Waals surface area contributed by atoms with Crippen LogP contribution in [0.2, 0.25) is 5.02 Å². The lowest BCUT2D eigenvalue weighted by atomic mass is 10.1. The third-order valence-electron chi connectivity index (χ3n) is 5.97. The van der Waals surface area contributed by atoms with Crippen molar-refractivity contribution in [1.82, 2.24) is 15.0 Å². The summed E-state index contributed by atoms with van der Waals surface area (Å²) in [5, 5.41) is 9.31. The van der Waals surface area contributed by atoms with E-state index in [1.54, 1.807) is 24.3 Å². The number of aliphatic hydroxyl groups excluding tert-OH is 1. The van der Waals surface area contributed by atoms with Crippen molar-refractivity contribution in [3.63, 3.8) is 0 Å². The molecule has 3 heterocycles. The van der Waals surface area contributed by atoms with Crippen LogP contribution in [0.3, 0.4) is 0 Å². The Bertz CT molecular complexity index is 1400. The second kappa shape index (κ2) is 13.4. The van der Waals surface area contributed by atoms with Crippen molar-refractivity contribution in [2.45, 2.75) is 31.4 Å². The van der Waals surface area contributed by atoms with Crippen molar-refractivity contribution in [3.05, 3.63) is 52.8 Å². The number of pyridine rings is 1. The Labute approximate surface area is 238 Å². The fourth-order valence-corrected chi connectivity index (χ4v) is 4.86. The average molecular weight is 594 g/mol. The molecule has 2 N–H and O–H groups in total. The molecule has 216 valence electrons. The third kappa shape index (κ3) is 7.29. The fraction of sp³-hybridized carbons (Fsp3) is 0.423. The highest BCUT2D eigenvalue weighted by molar-refractivity contribution is 7.92. The molecule has 3 aromatic rings. The third-order valence-corrected chi connectivity index (χ3v) is 7.54. The molecule has 12 nitrogen and oxygen atoms in total. The maximum Gasteiger partial charge on any atom is 0.280 e. The topological polar surface area (TPSA) is 145 Å². The summed E-state index contributed by atoms with van der Waals surface area (Å²) in [7, 11) is -2.70. The van der Waals surface area contributed by atoms with E-state index in [1.807, 2.05) is 18.7 Å². The highest BCUT2D eigenvalue weighted by atomic mass is 35.5. The van der Waals surface area contributed by atoms with Crippen LogP contribution in [0.1, 0.15) is 31.0 Å². The summed E-state index contributed by atoms with van der Waals surface area (Å²) in [4.78, 5) is 15.2. The number of nitrogens with zero attached hydrogens (tertiary/aromatic N) is 4. The molecule has 1 aromatic carbocycles. The van der Waals surface area contributed by atoms with E-state index in [1.165, 1.54) is 19.4 Å². The van der Waals surface area contributed by atoms with Gasteiger partial charge in [-0.2, -0.15) is 13.4 Å².